The highest BCUT2D eigenvalue weighted by Crippen LogP contribution is 2.08. The van der Waals surface area contributed by atoms with Crippen LogP contribution < -0.4 is 0 Å². The molecule has 0 radical (unpaired) electrons. The predicted molar refractivity (Wildman–Crippen MR) is 264 cm³/mol. The molecule has 0 aromatic heterocycles. The number of β-amino-alcohol motifs (C(OH)–C–C–N with tert-alkyl or cyclic N) is 2. The SMILES string of the molecule is CC(=O)N1CCN(C)CC1.CN1CC(O)C(O)C1.CN1CCC(O)CC1.CN1CCCC1.CN1CCCCC1.CN1CCN(C)C(=O)C1.CN1CCOCC1.CN=C(N(C)C)N(C)C. The second-order valence-electron chi connectivity index (χ2n) is 18.9. The maximum Gasteiger partial charge on any atom is 0.236 e. The zero-order chi connectivity index (χ0) is 48.6. The molecule has 18 heteroatoms. The van der Waals surface area contributed by atoms with Crippen molar-refractivity contribution < 1.29 is 29.6 Å². The number of nitrogens with zero attached hydrogens (tertiary/aromatic N) is 12. The van der Waals surface area contributed by atoms with Gasteiger partial charge in [-0.15, -0.1) is 0 Å². The molecule has 18 nitrogen and oxygen atoms in total. The molecule has 7 rings (SSSR count). The van der Waals surface area contributed by atoms with Crippen LogP contribution in [0.4, 0.5) is 0 Å². The standard InChI is InChI=1S/C7H14N2O.C6H15N3.C6H12N2O.C6H13NO.C6H13N.C5H11NO2.C5H11NO.C5H11N/c1-7(10)9-5-3-8(2)4-6-9;1-7-6(8(2)3)9(4)5;1-7-3-4-8(2)6(9)5-7;1-7-4-2-6(8)3-5-7;1-7-5-3-2-4-6-7;1-6-2-4(7)5(8)3-6;1-6-2-4-7-5-3-6;1-6-4-2-3-5-6/h3-6H2,1-2H3;1-5H3;3-5H2,1-2H3;6,8H,2-5H2,1H3;2-6H2,1H3;4-5,7-8H,2-3H2,1H3;2-5H2,1H3;2-5H2,1H3. The van der Waals surface area contributed by atoms with Crippen LogP contribution in [0.25, 0.3) is 0 Å². The Morgan fingerprint density at radius 2 is 0.938 bits per heavy atom. The van der Waals surface area contributed by atoms with Crippen molar-refractivity contribution in [1.29, 1.82) is 0 Å². The number of piperidine rings is 2. The molecule has 7 aliphatic rings. The molecule has 0 saturated carbocycles. The average molecular weight is 917 g/mol. The van der Waals surface area contributed by atoms with Gasteiger partial charge in [-0.3, -0.25) is 19.5 Å². The first-order chi connectivity index (χ1) is 30.2. The lowest BCUT2D eigenvalue weighted by Crippen LogP contribution is -2.46. The molecule has 7 heterocycles. The van der Waals surface area contributed by atoms with Crippen LogP contribution in [0, 0.1) is 0 Å². The van der Waals surface area contributed by atoms with Crippen molar-refractivity contribution in [2.24, 2.45) is 4.99 Å². The highest BCUT2D eigenvalue weighted by Gasteiger charge is 2.26. The van der Waals surface area contributed by atoms with Crippen LogP contribution in [0.1, 0.15) is 51.9 Å². The van der Waals surface area contributed by atoms with Crippen molar-refractivity contribution in [2.75, 3.05) is 216 Å². The highest BCUT2D eigenvalue weighted by atomic mass is 16.5. The maximum absolute atomic E-state index is 10.9. The third kappa shape index (κ3) is 32.4. The van der Waals surface area contributed by atoms with Gasteiger partial charge in [0, 0.05) is 128 Å². The third-order valence-electron chi connectivity index (χ3n) is 11.9. The number of ether oxygens (including phenoxy) is 1. The first kappa shape index (κ1) is 61.8. The largest absolute Gasteiger partial charge is 0.393 e. The molecule has 7 aliphatic heterocycles. The van der Waals surface area contributed by atoms with Gasteiger partial charge >= 0.3 is 0 Å². The molecule has 0 aromatic carbocycles. The van der Waals surface area contributed by atoms with E-state index in [2.05, 4.69) is 64.7 Å². The Hall–Kier alpha value is -2.23. The number of likely N-dealkylation sites (N-methyl/N-ethyl adjacent to an activating group) is 5. The number of rotatable bonds is 0. The van der Waals surface area contributed by atoms with Crippen molar-refractivity contribution in [3.8, 4) is 0 Å². The van der Waals surface area contributed by atoms with E-state index in [-0.39, 0.29) is 17.9 Å². The summed E-state index contributed by atoms with van der Waals surface area (Å²) in [7, 11) is 26.0. The summed E-state index contributed by atoms with van der Waals surface area (Å²) in [5, 5.41) is 26.8. The molecule has 0 aromatic rings. The fraction of sp³-hybridized carbons (Fsp3) is 0.935. The average Bonchev–Trinajstić information content (AvgIpc) is 3.85. The van der Waals surface area contributed by atoms with E-state index in [1.165, 1.54) is 58.3 Å². The summed E-state index contributed by atoms with van der Waals surface area (Å²) in [6, 6.07) is 0. The predicted octanol–water partition coefficient (Wildman–Crippen LogP) is -0.245. The topological polar surface area (TPSA) is 152 Å². The summed E-state index contributed by atoms with van der Waals surface area (Å²) >= 11 is 0. The Kier molecular flexibility index (Phi) is 35.6. The fourth-order valence-electron chi connectivity index (χ4n) is 7.33. The molecule has 0 spiro atoms. The summed E-state index contributed by atoms with van der Waals surface area (Å²) in [5.41, 5.74) is 0. The summed E-state index contributed by atoms with van der Waals surface area (Å²) in [5.74, 6) is 1.41. The Balaban J connectivity index is 0.000000711. The normalized spacial score (nSPS) is 24.0. The van der Waals surface area contributed by atoms with Gasteiger partial charge in [0.25, 0.3) is 0 Å². The second kappa shape index (κ2) is 36.8. The van der Waals surface area contributed by atoms with Crippen LogP contribution >= 0.6 is 0 Å². The number of carbonyl (C=O) groups excluding carboxylic acids is 2. The molecule has 7 saturated heterocycles. The fourth-order valence-corrected chi connectivity index (χ4v) is 7.33. The van der Waals surface area contributed by atoms with Gasteiger partial charge in [-0.2, -0.15) is 0 Å². The van der Waals surface area contributed by atoms with E-state index in [1.807, 2.05) is 73.8 Å². The zero-order valence-electron chi connectivity index (χ0n) is 43.5. The number of amides is 2. The van der Waals surface area contributed by atoms with Crippen molar-refractivity contribution in [1.82, 2.24) is 53.9 Å². The van der Waals surface area contributed by atoms with Crippen molar-refractivity contribution in [3.05, 3.63) is 0 Å². The number of aliphatic hydroxyl groups excluding tert-OH is 3. The summed E-state index contributed by atoms with van der Waals surface area (Å²) in [6.07, 6.45) is 7.93. The van der Waals surface area contributed by atoms with Gasteiger partial charge in [0.1, 0.15) is 0 Å². The molecular weight excluding hydrogens is 817 g/mol. The van der Waals surface area contributed by atoms with Gasteiger partial charge in [0.15, 0.2) is 5.96 Å². The zero-order valence-corrected chi connectivity index (χ0v) is 43.5. The van der Waals surface area contributed by atoms with Gasteiger partial charge < -0.3 is 69.1 Å². The first-order valence-corrected chi connectivity index (χ1v) is 23.9. The lowest BCUT2D eigenvalue weighted by atomic mass is 10.1. The van der Waals surface area contributed by atoms with Crippen LogP contribution in [0.3, 0.4) is 0 Å². The lowest BCUT2D eigenvalue weighted by Gasteiger charge is -2.31. The van der Waals surface area contributed by atoms with Crippen LogP contribution in [-0.4, -0.2) is 321 Å². The molecule has 2 amide bonds. The van der Waals surface area contributed by atoms with Crippen molar-refractivity contribution >= 4 is 17.8 Å². The molecule has 0 aliphatic carbocycles. The van der Waals surface area contributed by atoms with E-state index in [4.69, 9.17) is 20.1 Å². The van der Waals surface area contributed by atoms with Crippen LogP contribution in [0.2, 0.25) is 0 Å². The number of aliphatic hydroxyl groups is 3. The quantitative estimate of drug-likeness (QED) is 0.217. The van der Waals surface area contributed by atoms with Gasteiger partial charge in [0.2, 0.25) is 11.8 Å². The smallest absolute Gasteiger partial charge is 0.236 e. The van der Waals surface area contributed by atoms with E-state index in [0.717, 1.165) is 97.5 Å². The number of carbonyl (C=O) groups is 2. The van der Waals surface area contributed by atoms with Gasteiger partial charge in [-0.25, -0.2) is 0 Å². The highest BCUT2D eigenvalue weighted by molar-refractivity contribution is 5.79. The van der Waals surface area contributed by atoms with E-state index in [0.29, 0.717) is 19.6 Å². The van der Waals surface area contributed by atoms with Crippen LogP contribution in [0.15, 0.2) is 4.99 Å². The first-order valence-electron chi connectivity index (χ1n) is 23.9. The molecule has 64 heavy (non-hydrogen) atoms. The Morgan fingerprint density at radius 1 is 0.547 bits per heavy atom. The number of morpholine rings is 1. The van der Waals surface area contributed by atoms with E-state index >= 15 is 0 Å². The van der Waals surface area contributed by atoms with E-state index in [1.54, 1.807) is 18.9 Å². The number of likely N-dealkylation sites (tertiary alicyclic amines) is 4. The number of hydrogen-bond acceptors (Lipinski definition) is 14. The number of piperazine rings is 2. The second-order valence-corrected chi connectivity index (χ2v) is 18.9. The minimum absolute atomic E-state index is 0.0220. The van der Waals surface area contributed by atoms with E-state index in [9.17, 15) is 9.59 Å². The minimum atomic E-state index is -0.528. The van der Waals surface area contributed by atoms with Crippen molar-refractivity contribution in [3.63, 3.8) is 0 Å². The molecule has 380 valence electrons. The van der Waals surface area contributed by atoms with Crippen LogP contribution in [0.5, 0.6) is 0 Å². The van der Waals surface area contributed by atoms with E-state index < -0.39 is 12.2 Å². The van der Waals surface area contributed by atoms with Crippen LogP contribution in [-0.2, 0) is 14.3 Å². The molecular formula is C46H100N12O6. The Morgan fingerprint density at radius 3 is 1.19 bits per heavy atom. The van der Waals surface area contributed by atoms with Gasteiger partial charge in [-0.05, 0) is 114 Å². The molecule has 7 fully saturated rings. The number of hydrogen-bond donors (Lipinski definition) is 3. The number of guanidine groups is 1. The summed E-state index contributed by atoms with van der Waals surface area (Å²) in [6.45, 7) is 20.5. The summed E-state index contributed by atoms with van der Waals surface area (Å²) in [4.78, 5) is 48.8. The third-order valence-corrected chi connectivity index (χ3v) is 11.9. The van der Waals surface area contributed by atoms with Gasteiger partial charge in [0.05, 0.1) is 38.1 Å². The Labute approximate surface area is 391 Å². The maximum atomic E-state index is 10.9. The van der Waals surface area contributed by atoms with Gasteiger partial charge in [-0.1, -0.05) is 6.42 Å². The summed E-state index contributed by atoms with van der Waals surface area (Å²) < 4.78 is 5.10. The molecule has 2 unspecified atom stereocenters. The number of aliphatic imine (C=N–C) groups is 1. The molecule has 2 atom stereocenters. The Bertz CT molecular complexity index is 1130. The molecule has 3 N–H and O–H groups in total. The lowest BCUT2D eigenvalue weighted by molar-refractivity contribution is -0.133. The van der Waals surface area contributed by atoms with Crippen molar-refractivity contribution in [2.45, 2.75) is 70.2 Å². The monoisotopic (exact) mass is 917 g/mol. The minimum Gasteiger partial charge on any atom is -0.393 e. The molecule has 0 bridgehead atoms.